The molecule has 0 radical (unpaired) electrons. The lowest BCUT2D eigenvalue weighted by molar-refractivity contribution is 0.0474. The van der Waals surface area contributed by atoms with E-state index in [1.54, 1.807) is 0 Å². The molecule has 1 rings (SSSR count). The normalized spacial score (nSPS) is 13.3. The predicted molar refractivity (Wildman–Crippen MR) is 99.6 cm³/mol. The first kappa shape index (κ1) is 19.6. The summed E-state index contributed by atoms with van der Waals surface area (Å²) in [4.78, 5) is 23.7. The fourth-order valence-electron chi connectivity index (χ4n) is 1.48. The first-order valence-corrected chi connectivity index (χ1v) is 10.2. The molecule has 0 heterocycles. The molecule has 0 aliphatic rings. The molecule has 0 aliphatic heterocycles. The minimum absolute atomic E-state index is 0.364. The van der Waals surface area contributed by atoms with Crippen LogP contribution in [0.15, 0.2) is 24.3 Å². The summed E-state index contributed by atoms with van der Waals surface area (Å²) >= 11 is 11.4. The zero-order valence-corrected chi connectivity index (χ0v) is 15.6. The molecule has 2 unspecified atom stereocenters. The van der Waals surface area contributed by atoms with Crippen molar-refractivity contribution in [3.8, 4) is 0 Å². The zero-order valence-electron chi connectivity index (χ0n) is 12.2. The highest BCUT2D eigenvalue weighted by molar-refractivity contribution is 7.99. The number of carbonyl (C=O) groups is 2. The second kappa shape index (κ2) is 10.4. The van der Waals surface area contributed by atoms with E-state index in [-0.39, 0.29) is 0 Å². The van der Waals surface area contributed by atoms with Crippen molar-refractivity contribution >= 4 is 60.7 Å². The topological polar surface area (TPSA) is 52.6 Å². The Kier molecular flexibility index (Phi) is 9.23. The Balaban J connectivity index is 2.62. The Labute approximate surface area is 149 Å². The van der Waals surface area contributed by atoms with E-state index in [0.717, 1.165) is 0 Å². The van der Waals surface area contributed by atoms with Gasteiger partial charge in [0.05, 0.1) is 11.1 Å². The second-order valence-electron chi connectivity index (χ2n) is 4.21. The van der Waals surface area contributed by atoms with E-state index in [0.29, 0.717) is 22.6 Å². The van der Waals surface area contributed by atoms with Crippen LogP contribution in [0, 0.1) is 0 Å². The summed E-state index contributed by atoms with van der Waals surface area (Å²) in [6.07, 6.45) is 3.81. The predicted octanol–water partition coefficient (Wildman–Crippen LogP) is 3.24. The lowest BCUT2D eigenvalue weighted by Gasteiger charge is -2.12. The van der Waals surface area contributed by atoms with Crippen LogP contribution >= 0.6 is 48.8 Å². The van der Waals surface area contributed by atoms with Gasteiger partial charge in [-0.3, -0.25) is 0 Å². The van der Waals surface area contributed by atoms with Crippen molar-refractivity contribution in [2.24, 2.45) is 0 Å². The SMILES string of the molecule is CSCC(S)OC(=O)c1ccc(C(=O)OC(S)CSC)cc1. The van der Waals surface area contributed by atoms with Gasteiger partial charge in [0.15, 0.2) is 10.9 Å². The molecule has 0 bridgehead atoms. The van der Waals surface area contributed by atoms with Crippen LogP contribution in [-0.2, 0) is 9.47 Å². The van der Waals surface area contributed by atoms with Crippen LogP contribution in [0.25, 0.3) is 0 Å². The lowest BCUT2D eigenvalue weighted by atomic mass is 10.1. The van der Waals surface area contributed by atoms with E-state index in [1.165, 1.54) is 47.8 Å². The highest BCUT2D eigenvalue weighted by atomic mass is 32.2. The maximum absolute atomic E-state index is 11.9. The van der Waals surface area contributed by atoms with Crippen molar-refractivity contribution < 1.29 is 19.1 Å². The lowest BCUT2D eigenvalue weighted by Crippen LogP contribution is -2.16. The number of rotatable bonds is 8. The van der Waals surface area contributed by atoms with Gasteiger partial charge in [-0.1, -0.05) is 0 Å². The Morgan fingerprint density at radius 2 is 1.23 bits per heavy atom. The standard InChI is InChI=1S/C14H18O4S4/c1-21-7-11(19)17-13(15)9-3-5-10(6-4-9)14(16)18-12(20)8-22-2/h3-6,11-12,19-20H,7-8H2,1-2H3. The fraction of sp³-hybridized carbons (Fsp3) is 0.429. The zero-order chi connectivity index (χ0) is 16.5. The number of hydrogen-bond acceptors (Lipinski definition) is 8. The molecule has 0 amide bonds. The van der Waals surface area contributed by atoms with E-state index in [2.05, 4.69) is 25.3 Å². The largest absolute Gasteiger partial charge is 0.447 e. The number of benzene rings is 1. The van der Waals surface area contributed by atoms with E-state index in [1.807, 2.05) is 12.5 Å². The van der Waals surface area contributed by atoms with Crippen molar-refractivity contribution in [3.05, 3.63) is 35.4 Å². The van der Waals surface area contributed by atoms with Gasteiger partial charge in [-0.15, -0.1) is 25.3 Å². The van der Waals surface area contributed by atoms with Gasteiger partial charge in [-0.25, -0.2) is 9.59 Å². The maximum atomic E-state index is 11.9. The average Bonchev–Trinajstić information content (AvgIpc) is 2.47. The van der Waals surface area contributed by atoms with Crippen LogP contribution < -0.4 is 0 Å². The maximum Gasteiger partial charge on any atom is 0.339 e. The number of thiol groups is 2. The van der Waals surface area contributed by atoms with Crippen LogP contribution in [-0.4, -0.2) is 46.8 Å². The molecule has 0 N–H and O–H groups in total. The molecular formula is C14H18O4S4. The first-order chi connectivity index (χ1) is 10.5. The molecule has 22 heavy (non-hydrogen) atoms. The molecule has 0 saturated carbocycles. The molecule has 4 nitrogen and oxygen atoms in total. The van der Waals surface area contributed by atoms with Crippen molar-refractivity contribution in [1.29, 1.82) is 0 Å². The van der Waals surface area contributed by atoms with Crippen molar-refractivity contribution in [2.45, 2.75) is 10.9 Å². The Morgan fingerprint density at radius 3 is 1.50 bits per heavy atom. The summed E-state index contributed by atoms with van der Waals surface area (Å²) < 4.78 is 10.3. The third-order valence-electron chi connectivity index (χ3n) is 2.46. The molecule has 0 fully saturated rings. The Bertz CT molecular complexity index is 447. The number of carbonyl (C=O) groups excluding carboxylic acids is 2. The Morgan fingerprint density at radius 1 is 0.909 bits per heavy atom. The molecule has 0 saturated heterocycles. The monoisotopic (exact) mass is 378 g/mol. The van der Waals surface area contributed by atoms with Gasteiger partial charge in [0.2, 0.25) is 0 Å². The average molecular weight is 379 g/mol. The summed E-state index contributed by atoms with van der Waals surface area (Å²) in [6, 6.07) is 6.11. The van der Waals surface area contributed by atoms with Crippen LogP contribution in [0.1, 0.15) is 20.7 Å². The second-order valence-corrected chi connectivity index (χ2v) is 7.18. The minimum Gasteiger partial charge on any atom is -0.447 e. The van der Waals surface area contributed by atoms with Crippen LogP contribution in [0.2, 0.25) is 0 Å². The molecule has 122 valence electrons. The minimum atomic E-state index is -0.469. The third-order valence-corrected chi connectivity index (χ3v) is 4.80. The van der Waals surface area contributed by atoms with Gasteiger partial charge >= 0.3 is 11.9 Å². The summed E-state index contributed by atoms with van der Waals surface area (Å²) in [6.45, 7) is 0. The smallest absolute Gasteiger partial charge is 0.339 e. The van der Waals surface area contributed by atoms with E-state index < -0.39 is 22.8 Å². The van der Waals surface area contributed by atoms with Crippen LogP contribution in [0.4, 0.5) is 0 Å². The van der Waals surface area contributed by atoms with Gasteiger partial charge in [-0.05, 0) is 36.8 Å². The molecule has 0 aromatic heterocycles. The highest BCUT2D eigenvalue weighted by Gasteiger charge is 2.15. The molecular weight excluding hydrogens is 360 g/mol. The number of hydrogen-bond donors (Lipinski definition) is 2. The highest BCUT2D eigenvalue weighted by Crippen LogP contribution is 2.13. The third kappa shape index (κ3) is 6.76. The van der Waals surface area contributed by atoms with Crippen molar-refractivity contribution in [2.75, 3.05) is 24.0 Å². The molecule has 0 aliphatic carbocycles. The van der Waals surface area contributed by atoms with Gasteiger partial charge in [-0.2, -0.15) is 23.5 Å². The summed E-state index contributed by atoms with van der Waals surface area (Å²) in [5.74, 6) is 0.280. The van der Waals surface area contributed by atoms with Crippen molar-refractivity contribution in [1.82, 2.24) is 0 Å². The van der Waals surface area contributed by atoms with Crippen LogP contribution in [0.5, 0.6) is 0 Å². The van der Waals surface area contributed by atoms with Gasteiger partial charge in [0.1, 0.15) is 0 Å². The Hall–Kier alpha value is -0.440. The molecule has 8 heteroatoms. The van der Waals surface area contributed by atoms with E-state index in [9.17, 15) is 9.59 Å². The van der Waals surface area contributed by atoms with E-state index >= 15 is 0 Å². The first-order valence-electron chi connectivity index (χ1n) is 6.34. The van der Waals surface area contributed by atoms with E-state index in [4.69, 9.17) is 9.47 Å². The number of thioether (sulfide) groups is 2. The number of esters is 2. The van der Waals surface area contributed by atoms with Gasteiger partial charge in [0.25, 0.3) is 0 Å². The van der Waals surface area contributed by atoms with Crippen molar-refractivity contribution in [3.63, 3.8) is 0 Å². The summed E-state index contributed by atoms with van der Waals surface area (Å²) in [5.41, 5.74) is -0.182. The molecule has 1 aromatic rings. The fourth-order valence-corrected chi connectivity index (χ4v) is 3.27. The molecule has 2 atom stereocenters. The van der Waals surface area contributed by atoms with Gasteiger partial charge < -0.3 is 9.47 Å². The molecule has 1 aromatic carbocycles. The van der Waals surface area contributed by atoms with Gasteiger partial charge in [0, 0.05) is 11.5 Å². The van der Waals surface area contributed by atoms with Crippen LogP contribution in [0.3, 0.4) is 0 Å². The number of ether oxygens (including phenoxy) is 2. The molecule has 0 spiro atoms. The summed E-state index contributed by atoms with van der Waals surface area (Å²) in [7, 11) is 0. The quantitative estimate of drug-likeness (QED) is 0.411. The summed E-state index contributed by atoms with van der Waals surface area (Å²) in [5, 5.41) is 0.